The van der Waals surface area contributed by atoms with Crippen LogP contribution in [0.5, 0.6) is 5.75 Å². The number of hydrogen-bond acceptors (Lipinski definition) is 4. The summed E-state index contributed by atoms with van der Waals surface area (Å²) in [7, 11) is 0. The van der Waals surface area contributed by atoms with E-state index in [9.17, 15) is 9.18 Å². The molecule has 30 heavy (non-hydrogen) atoms. The van der Waals surface area contributed by atoms with Crippen LogP contribution in [0.1, 0.15) is 39.5 Å². The van der Waals surface area contributed by atoms with Crippen molar-refractivity contribution in [3.8, 4) is 5.75 Å². The standard InChI is InChI=1S/C24H18ClFN2O2/c1-14-2-4-15(5-3-14)20-13-21-19-12-17(25)8-11-22(19)30-24(28(21)27-20)23(29)16-6-9-18(26)10-7-16/h2-12,21,24H,13H2,1H3/t21-,24-/m1/s1. The van der Waals surface area contributed by atoms with Crippen LogP contribution in [0.25, 0.3) is 0 Å². The quantitative estimate of drug-likeness (QED) is 0.522. The van der Waals surface area contributed by atoms with E-state index in [1.54, 1.807) is 17.1 Å². The van der Waals surface area contributed by atoms with Crippen molar-refractivity contribution >= 4 is 23.1 Å². The Balaban J connectivity index is 1.57. The first-order valence-electron chi connectivity index (χ1n) is 9.68. The first kappa shape index (κ1) is 18.8. The van der Waals surface area contributed by atoms with Crippen molar-refractivity contribution in [1.82, 2.24) is 5.01 Å². The maximum Gasteiger partial charge on any atom is 0.251 e. The molecule has 2 aliphatic heterocycles. The van der Waals surface area contributed by atoms with Gasteiger partial charge in [0.15, 0.2) is 0 Å². The van der Waals surface area contributed by atoms with Gasteiger partial charge in [0, 0.05) is 22.6 Å². The fourth-order valence-electron chi connectivity index (χ4n) is 3.91. The molecule has 0 radical (unpaired) electrons. The lowest BCUT2D eigenvalue weighted by atomic mass is 9.95. The Hall–Kier alpha value is -3.18. The number of ketones is 1. The van der Waals surface area contributed by atoms with Crippen LogP contribution in [-0.4, -0.2) is 22.7 Å². The van der Waals surface area contributed by atoms with E-state index in [1.807, 2.05) is 37.3 Å². The van der Waals surface area contributed by atoms with E-state index in [0.29, 0.717) is 22.8 Å². The monoisotopic (exact) mass is 420 g/mol. The highest BCUT2D eigenvalue weighted by atomic mass is 35.5. The minimum Gasteiger partial charge on any atom is -0.461 e. The van der Waals surface area contributed by atoms with Gasteiger partial charge >= 0.3 is 0 Å². The Bertz CT molecular complexity index is 1160. The van der Waals surface area contributed by atoms with Gasteiger partial charge in [-0.15, -0.1) is 0 Å². The van der Waals surface area contributed by atoms with Gasteiger partial charge in [0.25, 0.3) is 6.23 Å². The lowest BCUT2D eigenvalue weighted by Crippen LogP contribution is -2.45. The molecule has 3 aromatic rings. The Kier molecular flexibility index (Phi) is 4.55. The van der Waals surface area contributed by atoms with Crippen LogP contribution in [0.3, 0.4) is 0 Å². The number of rotatable bonds is 3. The van der Waals surface area contributed by atoms with Crippen LogP contribution in [0.2, 0.25) is 5.02 Å². The van der Waals surface area contributed by atoms with Gasteiger partial charge in [-0.25, -0.2) is 9.40 Å². The number of halogens is 2. The third-order valence-corrected chi connectivity index (χ3v) is 5.72. The van der Waals surface area contributed by atoms with E-state index in [0.717, 1.165) is 16.8 Å². The van der Waals surface area contributed by atoms with Crippen molar-refractivity contribution in [2.24, 2.45) is 5.10 Å². The van der Waals surface area contributed by atoms with Gasteiger partial charge < -0.3 is 4.74 Å². The van der Waals surface area contributed by atoms with Gasteiger partial charge in [-0.1, -0.05) is 41.4 Å². The fourth-order valence-corrected chi connectivity index (χ4v) is 4.09. The molecule has 150 valence electrons. The molecule has 0 fully saturated rings. The molecule has 0 aromatic heterocycles. The van der Waals surface area contributed by atoms with Crippen LogP contribution in [0.4, 0.5) is 4.39 Å². The molecule has 2 atom stereocenters. The van der Waals surface area contributed by atoms with E-state index in [-0.39, 0.29) is 11.8 Å². The molecule has 2 aliphatic rings. The highest BCUT2D eigenvalue weighted by molar-refractivity contribution is 6.30. The maximum absolute atomic E-state index is 13.3. The van der Waals surface area contributed by atoms with Crippen molar-refractivity contribution in [3.63, 3.8) is 0 Å². The minimum absolute atomic E-state index is 0.168. The molecule has 6 heteroatoms. The second kappa shape index (κ2) is 7.26. The number of hydrazone groups is 1. The summed E-state index contributed by atoms with van der Waals surface area (Å²) in [4.78, 5) is 13.2. The molecule has 5 rings (SSSR count). The molecule has 2 heterocycles. The molecular formula is C24H18ClFN2O2. The fraction of sp³-hybridized carbons (Fsp3) is 0.167. The first-order chi connectivity index (χ1) is 14.5. The van der Waals surface area contributed by atoms with E-state index < -0.39 is 12.0 Å². The molecule has 0 N–H and O–H groups in total. The van der Waals surface area contributed by atoms with Crippen molar-refractivity contribution < 1.29 is 13.9 Å². The number of carbonyl (C=O) groups is 1. The summed E-state index contributed by atoms with van der Waals surface area (Å²) in [5.41, 5.74) is 4.33. The summed E-state index contributed by atoms with van der Waals surface area (Å²) in [6.45, 7) is 2.03. The predicted octanol–water partition coefficient (Wildman–Crippen LogP) is 5.54. The zero-order valence-corrected chi connectivity index (χ0v) is 16.9. The molecular weight excluding hydrogens is 403 g/mol. The van der Waals surface area contributed by atoms with Crippen molar-refractivity contribution in [1.29, 1.82) is 0 Å². The molecule has 0 amide bonds. The smallest absolute Gasteiger partial charge is 0.251 e. The van der Waals surface area contributed by atoms with E-state index in [4.69, 9.17) is 21.4 Å². The lowest BCUT2D eigenvalue weighted by molar-refractivity contribution is -0.00455. The third kappa shape index (κ3) is 3.25. The summed E-state index contributed by atoms with van der Waals surface area (Å²) in [5.74, 6) is -0.0502. The normalized spacial score (nSPS) is 19.6. The van der Waals surface area contributed by atoms with Crippen LogP contribution in [0.15, 0.2) is 71.8 Å². The number of carbonyl (C=O) groups excluding carboxylic acids is 1. The Labute approximate surface area is 178 Å². The summed E-state index contributed by atoms with van der Waals surface area (Å²) >= 11 is 6.23. The van der Waals surface area contributed by atoms with Gasteiger partial charge in [0.05, 0.1) is 11.8 Å². The minimum atomic E-state index is -0.933. The number of fused-ring (bicyclic) bond motifs is 3. The van der Waals surface area contributed by atoms with E-state index in [1.165, 1.54) is 29.8 Å². The average molecular weight is 421 g/mol. The number of ether oxygens (including phenoxy) is 1. The Morgan fingerprint density at radius 3 is 2.57 bits per heavy atom. The molecule has 0 unspecified atom stereocenters. The number of benzene rings is 3. The second-order valence-corrected chi connectivity index (χ2v) is 7.97. The van der Waals surface area contributed by atoms with E-state index in [2.05, 4.69) is 0 Å². The average Bonchev–Trinajstić information content (AvgIpc) is 3.19. The van der Waals surface area contributed by atoms with Crippen molar-refractivity contribution in [3.05, 3.63) is 99.8 Å². The molecule has 3 aromatic carbocycles. The third-order valence-electron chi connectivity index (χ3n) is 5.49. The summed E-state index contributed by atoms with van der Waals surface area (Å²) < 4.78 is 19.4. The predicted molar refractivity (Wildman–Crippen MR) is 114 cm³/mol. The highest BCUT2D eigenvalue weighted by Gasteiger charge is 2.43. The molecule has 0 bridgehead atoms. The highest BCUT2D eigenvalue weighted by Crippen LogP contribution is 2.44. The van der Waals surface area contributed by atoms with Gasteiger partial charge in [-0.05, 0) is 55.0 Å². The zero-order chi connectivity index (χ0) is 20.8. The van der Waals surface area contributed by atoms with Crippen LogP contribution < -0.4 is 4.74 Å². The number of nitrogens with zero attached hydrogens (tertiary/aromatic N) is 2. The lowest BCUT2D eigenvalue weighted by Gasteiger charge is -2.37. The topological polar surface area (TPSA) is 41.9 Å². The summed E-state index contributed by atoms with van der Waals surface area (Å²) in [6, 6.07) is 18.8. The van der Waals surface area contributed by atoms with Crippen LogP contribution in [-0.2, 0) is 0 Å². The first-order valence-corrected chi connectivity index (χ1v) is 10.1. The summed E-state index contributed by atoms with van der Waals surface area (Å²) in [5, 5.41) is 7.08. The molecule has 0 spiro atoms. The van der Waals surface area contributed by atoms with E-state index >= 15 is 0 Å². The van der Waals surface area contributed by atoms with Crippen molar-refractivity contribution in [2.75, 3.05) is 0 Å². The second-order valence-electron chi connectivity index (χ2n) is 7.54. The van der Waals surface area contributed by atoms with Gasteiger partial charge in [-0.3, -0.25) is 4.79 Å². The zero-order valence-electron chi connectivity index (χ0n) is 16.2. The molecule has 0 saturated carbocycles. The Morgan fingerprint density at radius 1 is 1.10 bits per heavy atom. The summed E-state index contributed by atoms with van der Waals surface area (Å²) in [6.07, 6.45) is -0.301. The largest absolute Gasteiger partial charge is 0.461 e. The van der Waals surface area contributed by atoms with Gasteiger partial charge in [-0.2, -0.15) is 5.10 Å². The SMILES string of the molecule is Cc1ccc(C2=NN3[C@@H](C(=O)c4ccc(F)cc4)Oc4ccc(Cl)cc4[C@H]3C2)cc1. The number of aryl methyl sites for hydroxylation is 1. The van der Waals surface area contributed by atoms with Gasteiger partial charge in [0.2, 0.25) is 5.78 Å². The van der Waals surface area contributed by atoms with Crippen LogP contribution in [0, 0.1) is 12.7 Å². The Morgan fingerprint density at radius 2 is 1.83 bits per heavy atom. The molecule has 4 nitrogen and oxygen atoms in total. The number of hydrogen-bond donors (Lipinski definition) is 0. The van der Waals surface area contributed by atoms with Gasteiger partial charge in [0.1, 0.15) is 11.6 Å². The van der Waals surface area contributed by atoms with Crippen LogP contribution >= 0.6 is 11.6 Å². The number of Topliss-reactive ketones (excluding diaryl/α,β-unsaturated/α-hetero) is 1. The molecule has 0 saturated heterocycles. The maximum atomic E-state index is 13.3. The molecule has 0 aliphatic carbocycles. The van der Waals surface area contributed by atoms with Crippen molar-refractivity contribution in [2.45, 2.75) is 25.6 Å².